The van der Waals surface area contributed by atoms with E-state index in [1.165, 1.54) is 11.3 Å². The van der Waals surface area contributed by atoms with E-state index in [0.29, 0.717) is 5.92 Å². The SMILES string of the molecule is COc1ccccc1CCn1cnc(C)c1CC(C)C.O=C(O)C(F)(F)F. The third-order valence-electron chi connectivity index (χ3n) is 3.81. The summed E-state index contributed by atoms with van der Waals surface area (Å²) in [5.74, 6) is -1.14. The van der Waals surface area contributed by atoms with E-state index in [1.807, 2.05) is 18.5 Å². The average molecular weight is 386 g/mol. The highest BCUT2D eigenvalue weighted by Crippen LogP contribution is 2.19. The summed E-state index contributed by atoms with van der Waals surface area (Å²) < 4.78 is 39.4. The van der Waals surface area contributed by atoms with Gasteiger partial charge in [-0.25, -0.2) is 9.78 Å². The first kappa shape index (κ1) is 22.5. The number of carboxylic acids is 1. The van der Waals surface area contributed by atoms with E-state index in [2.05, 4.69) is 42.5 Å². The Morgan fingerprint density at radius 3 is 2.41 bits per heavy atom. The molecule has 0 aliphatic carbocycles. The molecule has 0 aliphatic heterocycles. The fourth-order valence-corrected chi connectivity index (χ4v) is 2.50. The quantitative estimate of drug-likeness (QED) is 0.805. The number of hydrogen-bond acceptors (Lipinski definition) is 3. The molecule has 0 aliphatic rings. The van der Waals surface area contributed by atoms with Crippen LogP contribution in [0.1, 0.15) is 30.8 Å². The second-order valence-electron chi connectivity index (χ2n) is 6.43. The summed E-state index contributed by atoms with van der Waals surface area (Å²) in [7, 11) is 1.73. The van der Waals surface area contributed by atoms with Crippen LogP contribution in [0.4, 0.5) is 13.2 Å². The van der Waals surface area contributed by atoms with Gasteiger partial charge in [0.05, 0.1) is 19.1 Å². The van der Waals surface area contributed by atoms with E-state index in [1.54, 1.807) is 7.11 Å². The lowest BCUT2D eigenvalue weighted by Gasteiger charge is -2.12. The normalized spacial score (nSPS) is 11.1. The molecule has 0 bridgehead atoms. The van der Waals surface area contributed by atoms with Crippen molar-refractivity contribution in [3.05, 3.63) is 47.5 Å². The molecule has 0 saturated carbocycles. The number of methoxy groups -OCH3 is 1. The van der Waals surface area contributed by atoms with Gasteiger partial charge in [0.25, 0.3) is 0 Å². The Morgan fingerprint density at radius 1 is 1.30 bits per heavy atom. The first-order chi connectivity index (χ1) is 12.6. The van der Waals surface area contributed by atoms with Gasteiger partial charge >= 0.3 is 12.1 Å². The molecule has 0 radical (unpaired) electrons. The molecule has 1 N–H and O–H groups in total. The zero-order valence-corrected chi connectivity index (χ0v) is 15.9. The van der Waals surface area contributed by atoms with Crippen LogP contribution in [-0.2, 0) is 24.2 Å². The van der Waals surface area contributed by atoms with Crippen molar-refractivity contribution in [1.82, 2.24) is 9.55 Å². The number of aliphatic carboxylic acids is 1. The summed E-state index contributed by atoms with van der Waals surface area (Å²) in [6.45, 7) is 7.54. The molecule has 0 saturated heterocycles. The molecule has 150 valence electrons. The maximum Gasteiger partial charge on any atom is 0.490 e. The standard InChI is InChI=1S/C17H24N2O.C2HF3O2/c1-13(2)11-16-14(3)18-12-19(16)10-9-15-7-5-6-8-17(15)20-4;3-2(4,5)1(6)7/h5-8,12-13H,9-11H2,1-4H3;(H,6,7). The summed E-state index contributed by atoms with van der Waals surface area (Å²) in [5, 5.41) is 7.12. The van der Waals surface area contributed by atoms with Gasteiger partial charge in [-0.1, -0.05) is 32.0 Å². The van der Waals surface area contributed by atoms with Gasteiger partial charge in [0.2, 0.25) is 0 Å². The number of para-hydroxylation sites is 1. The number of alkyl halides is 3. The van der Waals surface area contributed by atoms with Crippen LogP contribution in [0.2, 0.25) is 0 Å². The fourth-order valence-electron chi connectivity index (χ4n) is 2.50. The molecule has 0 spiro atoms. The van der Waals surface area contributed by atoms with E-state index in [4.69, 9.17) is 14.6 Å². The minimum absolute atomic E-state index is 0.649. The number of carboxylic acid groups (broad SMARTS) is 1. The first-order valence-corrected chi connectivity index (χ1v) is 8.48. The van der Waals surface area contributed by atoms with Crippen molar-refractivity contribution in [2.24, 2.45) is 5.92 Å². The van der Waals surface area contributed by atoms with Crippen LogP contribution in [-0.4, -0.2) is 33.9 Å². The van der Waals surface area contributed by atoms with Crippen molar-refractivity contribution in [3.63, 3.8) is 0 Å². The van der Waals surface area contributed by atoms with Gasteiger partial charge < -0.3 is 14.4 Å². The number of aryl methyl sites for hydroxylation is 3. The summed E-state index contributed by atoms with van der Waals surface area (Å²) in [6, 6.07) is 8.22. The number of halogens is 3. The number of nitrogens with zero attached hydrogens (tertiary/aromatic N) is 2. The van der Waals surface area contributed by atoms with Crippen molar-refractivity contribution >= 4 is 5.97 Å². The smallest absolute Gasteiger partial charge is 0.490 e. The lowest BCUT2D eigenvalue weighted by Crippen LogP contribution is -2.21. The Hall–Kier alpha value is -2.51. The topological polar surface area (TPSA) is 64.4 Å². The molecule has 2 rings (SSSR count). The second-order valence-corrected chi connectivity index (χ2v) is 6.43. The van der Waals surface area contributed by atoms with Crippen LogP contribution in [0.15, 0.2) is 30.6 Å². The fraction of sp³-hybridized carbons (Fsp3) is 0.474. The molecule has 1 heterocycles. The molecule has 27 heavy (non-hydrogen) atoms. The highest BCUT2D eigenvalue weighted by Gasteiger charge is 2.38. The number of carbonyl (C=O) groups is 1. The number of ether oxygens (including phenoxy) is 1. The van der Waals surface area contributed by atoms with Gasteiger partial charge in [-0.3, -0.25) is 0 Å². The van der Waals surface area contributed by atoms with Crippen molar-refractivity contribution < 1.29 is 27.8 Å². The number of rotatable bonds is 6. The lowest BCUT2D eigenvalue weighted by atomic mass is 10.1. The molecular formula is C19H25F3N2O3. The van der Waals surface area contributed by atoms with Crippen LogP contribution in [0.5, 0.6) is 5.75 Å². The predicted molar refractivity (Wildman–Crippen MR) is 95.9 cm³/mol. The van der Waals surface area contributed by atoms with Gasteiger partial charge in [-0.2, -0.15) is 13.2 Å². The molecule has 0 amide bonds. The molecule has 1 aromatic carbocycles. The van der Waals surface area contributed by atoms with Gasteiger partial charge in [0, 0.05) is 12.2 Å². The Kier molecular flexibility index (Phi) is 8.33. The molecule has 8 heteroatoms. The van der Waals surface area contributed by atoms with Crippen molar-refractivity contribution in [2.45, 2.75) is 46.3 Å². The highest BCUT2D eigenvalue weighted by atomic mass is 19.4. The Bertz CT molecular complexity index is 740. The summed E-state index contributed by atoms with van der Waals surface area (Å²) >= 11 is 0. The van der Waals surface area contributed by atoms with Crippen molar-refractivity contribution in [2.75, 3.05) is 7.11 Å². The summed E-state index contributed by atoms with van der Waals surface area (Å²) in [4.78, 5) is 13.4. The van der Waals surface area contributed by atoms with Gasteiger partial charge in [0.15, 0.2) is 0 Å². The monoisotopic (exact) mass is 386 g/mol. The number of benzene rings is 1. The minimum Gasteiger partial charge on any atom is -0.496 e. The first-order valence-electron chi connectivity index (χ1n) is 8.48. The molecule has 0 fully saturated rings. The second kappa shape index (κ2) is 9.99. The van der Waals surface area contributed by atoms with Crippen LogP contribution in [0, 0.1) is 12.8 Å². The molecule has 2 aromatic rings. The molecule has 5 nitrogen and oxygen atoms in total. The molecule has 0 unspecified atom stereocenters. The van der Waals surface area contributed by atoms with Crippen LogP contribution in [0.3, 0.4) is 0 Å². The summed E-state index contributed by atoms with van der Waals surface area (Å²) in [6.07, 6.45) is -1.08. The van der Waals surface area contributed by atoms with E-state index in [-0.39, 0.29) is 0 Å². The molecule has 1 aromatic heterocycles. The zero-order valence-electron chi connectivity index (χ0n) is 15.9. The van der Waals surface area contributed by atoms with Gasteiger partial charge in [0.1, 0.15) is 5.75 Å². The number of imidazole rings is 1. The Morgan fingerprint density at radius 2 is 1.89 bits per heavy atom. The average Bonchev–Trinajstić information content (AvgIpc) is 2.92. The third kappa shape index (κ3) is 7.32. The zero-order chi connectivity index (χ0) is 20.6. The van der Waals surface area contributed by atoms with Gasteiger partial charge in [-0.15, -0.1) is 0 Å². The maximum absolute atomic E-state index is 10.6. The van der Waals surface area contributed by atoms with E-state index < -0.39 is 12.1 Å². The van der Waals surface area contributed by atoms with E-state index in [0.717, 1.165) is 30.8 Å². The minimum atomic E-state index is -5.08. The summed E-state index contributed by atoms with van der Waals surface area (Å²) in [5.41, 5.74) is 3.76. The lowest BCUT2D eigenvalue weighted by molar-refractivity contribution is -0.192. The van der Waals surface area contributed by atoms with E-state index >= 15 is 0 Å². The van der Waals surface area contributed by atoms with Crippen molar-refractivity contribution in [3.8, 4) is 5.75 Å². The number of aromatic nitrogens is 2. The highest BCUT2D eigenvalue weighted by molar-refractivity contribution is 5.73. The Labute approximate surface area is 156 Å². The van der Waals surface area contributed by atoms with Crippen LogP contribution < -0.4 is 4.74 Å². The maximum atomic E-state index is 10.6. The molecular weight excluding hydrogens is 361 g/mol. The van der Waals surface area contributed by atoms with Crippen LogP contribution in [0.25, 0.3) is 0 Å². The van der Waals surface area contributed by atoms with Crippen LogP contribution >= 0.6 is 0 Å². The Balaban J connectivity index is 0.000000445. The van der Waals surface area contributed by atoms with E-state index in [9.17, 15) is 13.2 Å². The van der Waals surface area contributed by atoms with Crippen molar-refractivity contribution in [1.29, 1.82) is 0 Å². The third-order valence-corrected chi connectivity index (χ3v) is 3.81. The largest absolute Gasteiger partial charge is 0.496 e. The number of hydrogen-bond donors (Lipinski definition) is 1. The molecule has 0 atom stereocenters. The predicted octanol–water partition coefficient (Wildman–Crippen LogP) is 4.27. The van der Waals surface area contributed by atoms with Gasteiger partial charge in [-0.05, 0) is 37.3 Å².